The highest BCUT2D eigenvalue weighted by atomic mass is 15.4. The quantitative estimate of drug-likeness (QED) is 0.673. The molecule has 4 nitrogen and oxygen atoms in total. The second kappa shape index (κ2) is 4.08. The third-order valence-electron chi connectivity index (χ3n) is 1.63. The fraction of sp³-hybridized carbons (Fsp3) is 0.714. The Morgan fingerprint density at radius 1 is 1.64 bits per heavy atom. The van der Waals surface area contributed by atoms with Gasteiger partial charge < -0.3 is 5.73 Å². The lowest BCUT2D eigenvalue weighted by atomic mass is 10.3. The van der Waals surface area contributed by atoms with Crippen molar-refractivity contribution in [2.24, 2.45) is 5.73 Å². The summed E-state index contributed by atoms with van der Waals surface area (Å²) < 4.78 is 1.91. The van der Waals surface area contributed by atoms with Crippen LogP contribution in [0.2, 0.25) is 0 Å². The molecule has 0 aliphatic carbocycles. The summed E-state index contributed by atoms with van der Waals surface area (Å²) in [6.45, 7) is 3.69. The summed E-state index contributed by atoms with van der Waals surface area (Å²) in [5, 5.41) is 7.75. The van der Waals surface area contributed by atoms with Gasteiger partial charge in [0.2, 0.25) is 0 Å². The minimum absolute atomic E-state index is 0.711. The van der Waals surface area contributed by atoms with Gasteiger partial charge >= 0.3 is 0 Å². The van der Waals surface area contributed by atoms with Crippen LogP contribution in [0.3, 0.4) is 0 Å². The smallest absolute Gasteiger partial charge is 0.0725 e. The number of hydrogen-bond acceptors (Lipinski definition) is 3. The summed E-state index contributed by atoms with van der Waals surface area (Å²) in [6.07, 6.45) is 3.75. The molecule has 0 fully saturated rings. The molecule has 0 aliphatic heterocycles. The van der Waals surface area contributed by atoms with Crippen LogP contribution < -0.4 is 5.73 Å². The predicted molar refractivity (Wildman–Crippen MR) is 43.1 cm³/mol. The van der Waals surface area contributed by atoms with E-state index in [4.69, 9.17) is 5.73 Å². The molecule has 2 N–H and O–H groups in total. The van der Waals surface area contributed by atoms with Crippen molar-refractivity contribution in [3.63, 3.8) is 0 Å². The van der Waals surface area contributed by atoms with Crippen molar-refractivity contribution in [3.05, 3.63) is 11.9 Å². The van der Waals surface area contributed by atoms with Gasteiger partial charge in [-0.05, 0) is 19.4 Å². The van der Waals surface area contributed by atoms with Gasteiger partial charge in [0.05, 0.1) is 11.9 Å². The van der Waals surface area contributed by atoms with Gasteiger partial charge in [0.15, 0.2) is 0 Å². The SMILES string of the molecule is CCc1cnnn1CCCN. The van der Waals surface area contributed by atoms with Crippen LogP contribution in [0.5, 0.6) is 0 Å². The van der Waals surface area contributed by atoms with Crippen molar-refractivity contribution >= 4 is 0 Å². The second-order valence-electron chi connectivity index (χ2n) is 2.44. The molecule has 1 aromatic heterocycles. The van der Waals surface area contributed by atoms with Crippen LogP contribution in [0.1, 0.15) is 19.0 Å². The Morgan fingerprint density at radius 3 is 3.09 bits per heavy atom. The normalized spacial score (nSPS) is 10.4. The number of nitrogens with two attached hydrogens (primary N) is 1. The topological polar surface area (TPSA) is 56.7 Å². The molecule has 0 aromatic carbocycles. The molecule has 0 radical (unpaired) electrons. The molecular weight excluding hydrogens is 140 g/mol. The fourth-order valence-electron chi connectivity index (χ4n) is 0.982. The molecule has 0 atom stereocenters. The standard InChI is InChI=1S/C7H14N4/c1-2-7-6-9-10-11(7)5-3-4-8/h6H,2-5,8H2,1H3. The Bertz CT molecular complexity index is 206. The van der Waals surface area contributed by atoms with E-state index in [-0.39, 0.29) is 0 Å². The zero-order valence-corrected chi connectivity index (χ0v) is 6.82. The maximum atomic E-state index is 5.38. The lowest BCUT2D eigenvalue weighted by Crippen LogP contribution is -2.09. The molecule has 1 rings (SSSR count). The third-order valence-corrected chi connectivity index (χ3v) is 1.63. The third kappa shape index (κ3) is 2.01. The van der Waals surface area contributed by atoms with Crippen LogP contribution >= 0.6 is 0 Å². The van der Waals surface area contributed by atoms with E-state index in [1.54, 1.807) is 6.20 Å². The molecule has 0 saturated carbocycles. The number of rotatable bonds is 4. The zero-order chi connectivity index (χ0) is 8.10. The first-order valence-corrected chi connectivity index (χ1v) is 3.96. The molecule has 0 aliphatic rings. The first-order chi connectivity index (χ1) is 5.38. The van der Waals surface area contributed by atoms with Crippen molar-refractivity contribution in [3.8, 4) is 0 Å². The van der Waals surface area contributed by atoms with Crippen LogP contribution in [0.25, 0.3) is 0 Å². The monoisotopic (exact) mass is 154 g/mol. The van der Waals surface area contributed by atoms with E-state index in [0.717, 1.165) is 19.4 Å². The van der Waals surface area contributed by atoms with Crippen LogP contribution in [-0.2, 0) is 13.0 Å². The Balaban J connectivity index is 2.54. The molecular formula is C7H14N4. The zero-order valence-electron chi connectivity index (χ0n) is 6.82. The maximum Gasteiger partial charge on any atom is 0.0725 e. The highest BCUT2D eigenvalue weighted by Gasteiger charge is 1.98. The van der Waals surface area contributed by atoms with Crippen LogP contribution in [0.4, 0.5) is 0 Å². The Kier molecular flexibility index (Phi) is 3.04. The van der Waals surface area contributed by atoms with Crippen molar-refractivity contribution < 1.29 is 0 Å². The molecule has 0 saturated heterocycles. The van der Waals surface area contributed by atoms with Gasteiger partial charge in [-0.25, -0.2) is 4.68 Å². The Labute approximate surface area is 66.4 Å². The van der Waals surface area contributed by atoms with E-state index in [2.05, 4.69) is 17.2 Å². The summed E-state index contributed by atoms with van der Waals surface area (Å²) in [4.78, 5) is 0. The van der Waals surface area contributed by atoms with Gasteiger partial charge in [0.1, 0.15) is 0 Å². The number of aromatic nitrogens is 3. The van der Waals surface area contributed by atoms with E-state index in [1.807, 2.05) is 4.68 Å². The van der Waals surface area contributed by atoms with Gasteiger partial charge in [0, 0.05) is 6.54 Å². The van der Waals surface area contributed by atoms with Crippen LogP contribution in [0.15, 0.2) is 6.20 Å². The Morgan fingerprint density at radius 2 is 2.45 bits per heavy atom. The first-order valence-electron chi connectivity index (χ1n) is 3.96. The van der Waals surface area contributed by atoms with Gasteiger partial charge in [-0.15, -0.1) is 5.10 Å². The van der Waals surface area contributed by atoms with Gasteiger partial charge in [-0.2, -0.15) is 0 Å². The molecule has 11 heavy (non-hydrogen) atoms. The van der Waals surface area contributed by atoms with Crippen molar-refractivity contribution in [2.75, 3.05) is 6.54 Å². The fourth-order valence-corrected chi connectivity index (χ4v) is 0.982. The largest absolute Gasteiger partial charge is 0.330 e. The number of nitrogens with zero attached hydrogens (tertiary/aromatic N) is 3. The van der Waals surface area contributed by atoms with E-state index in [0.29, 0.717) is 6.54 Å². The minimum atomic E-state index is 0.711. The summed E-state index contributed by atoms with van der Waals surface area (Å²) in [5.41, 5.74) is 6.55. The summed E-state index contributed by atoms with van der Waals surface area (Å²) in [5.74, 6) is 0. The summed E-state index contributed by atoms with van der Waals surface area (Å²) >= 11 is 0. The van der Waals surface area contributed by atoms with Crippen molar-refractivity contribution in [1.29, 1.82) is 0 Å². The van der Waals surface area contributed by atoms with E-state index >= 15 is 0 Å². The van der Waals surface area contributed by atoms with Gasteiger partial charge in [-0.3, -0.25) is 0 Å². The molecule has 1 aromatic rings. The molecule has 0 amide bonds. The van der Waals surface area contributed by atoms with E-state index in [9.17, 15) is 0 Å². The van der Waals surface area contributed by atoms with Crippen molar-refractivity contribution in [1.82, 2.24) is 15.0 Å². The van der Waals surface area contributed by atoms with E-state index < -0.39 is 0 Å². The van der Waals surface area contributed by atoms with Crippen molar-refractivity contribution in [2.45, 2.75) is 26.3 Å². The average Bonchev–Trinajstić information content (AvgIpc) is 2.47. The lowest BCUT2D eigenvalue weighted by molar-refractivity contribution is 0.545. The van der Waals surface area contributed by atoms with Crippen LogP contribution in [-0.4, -0.2) is 21.5 Å². The predicted octanol–water partition coefficient (Wildman–Crippen LogP) is 0.189. The van der Waals surface area contributed by atoms with Gasteiger partial charge in [-0.1, -0.05) is 12.1 Å². The second-order valence-corrected chi connectivity index (χ2v) is 2.44. The Hall–Kier alpha value is -0.900. The van der Waals surface area contributed by atoms with E-state index in [1.165, 1.54) is 5.69 Å². The molecule has 0 bridgehead atoms. The van der Waals surface area contributed by atoms with Gasteiger partial charge in [0.25, 0.3) is 0 Å². The first kappa shape index (κ1) is 8.20. The molecule has 62 valence electrons. The number of hydrogen-bond donors (Lipinski definition) is 1. The summed E-state index contributed by atoms with van der Waals surface area (Å²) in [6, 6.07) is 0. The minimum Gasteiger partial charge on any atom is -0.330 e. The molecule has 1 heterocycles. The highest BCUT2D eigenvalue weighted by molar-refractivity contribution is 4.92. The highest BCUT2D eigenvalue weighted by Crippen LogP contribution is 1.97. The molecule has 4 heteroatoms. The molecule has 0 unspecified atom stereocenters. The molecule has 0 spiro atoms. The lowest BCUT2D eigenvalue weighted by Gasteiger charge is -2.01. The average molecular weight is 154 g/mol. The number of aryl methyl sites for hydroxylation is 2. The summed E-state index contributed by atoms with van der Waals surface area (Å²) in [7, 11) is 0. The van der Waals surface area contributed by atoms with Crippen LogP contribution in [0, 0.1) is 0 Å². The maximum absolute atomic E-state index is 5.38.